The lowest BCUT2D eigenvalue weighted by Gasteiger charge is -2.24. The highest BCUT2D eigenvalue weighted by atomic mass is 16.2. The van der Waals surface area contributed by atoms with Crippen LogP contribution in [0.1, 0.15) is 34.6 Å². The van der Waals surface area contributed by atoms with E-state index in [2.05, 4.69) is 16.0 Å². The van der Waals surface area contributed by atoms with Crippen LogP contribution in [-0.2, 0) is 14.4 Å². The maximum absolute atomic E-state index is 12.0. The molecule has 6 heteroatoms. The van der Waals surface area contributed by atoms with E-state index in [1.807, 2.05) is 13.8 Å². The largest absolute Gasteiger partial charge is 0.345 e. The molecule has 0 heterocycles. The second kappa shape index (κ2) is 7.89. The second-order valence-corrected chi connectivity index (χ2v) is 5.08. The van der Waals surface area contributed by atoms with Crippen LogP contribution in [0.2, 0.25) is 0 Å². The minimum absolute atomic E-state index is 0.0628. The number of rotatable bonds is 7. The highest BCUT2D eigenvalue weighted by molar-refractivity contribution is 5.92. The standard InChI is InChI=1S/C13H25N3O3/c1-7(2)11(16-12(18)9(4)14-6)13(19)15-8(3)10(5)17/h7-9,11,14H,1-6H3,(H,15,19)(H,16,18)/t8-,9-,11-/m0/s1. The molecule has 2 amide bonds. The van der Waals surface area contributed by atoms with Gasteiger partial charge in [-0.1, -0.05) is 13.8 Å². The Morgan fingerprint density at radius 1 is 0.842 bits per heavy atom. The van der Waals surface area contributed by atoms with Gasteiger partial charge in [0.05, 0.1) is 12.1 Å². The molecule has 0 aromatic rings. The number of likely N-dealkylation sites (N-methyl/N-ethyl adjacent to an activating group) is 1. The van der Waals surface area contributed by atoms with Gasteiger partial charge in [0, 0.05) is 0 Å². The summed E-state index contributed by atoms with van der Waals surface area (Å²) in [5.74, 6) is -0.765. The van der Waals surface area contributed by atoms with Crippen LogP contribution < -0.4 is 16.0 Å². The molecule has 3 N–H and O–H groups in total. The molecule has 0 aliphatic heterocycles. The van der Waals surface area contributed by atoms with Crippen molar-refractivity contribution in [1.29, 1.82) is 0 Å². The van der Waals surface area contributed by atoms with Crippen molar-refractivity contribution >= 4 is 17.6 Å². The Morgan fingerprint density at radius 2 is 1.37 bits per heavy atom. The molecule has 3 atom stereocenters. The van der Waals surface area contributed by atoms with E-state index in [4.69, 9.17) is 0 Å². The van der Waals surface area contributed by atoms with Crippen LogP contribution in [0.4, 0.5) is 0 Å². The fourth-order valence-corrected chi connectivity index (χ4v) is 1.35. The van der Waals surface area contributed by atoms with E-state index in [9.17, 15) is 14.4 Å². The molecule has 0 aromatic heterocycles. The average molecular weight is 271 g/mol. The van der Waals surface area contributed by atoms with Gasteiger partial charge in [-0.2, -0.15) is 0 Å². The maximum Gasteiger partial charge on any atom is 0.243 e. The lowest BCUT2D eigenvalue weighted by Crippen LogP contribution is -2.55. The first-order valence-electron chi connectivity index (χ1n) is 6.49. The van der Waals surface area contributed by atoms with Crippen molar-refractivity contribution in [1.82, 2.24) is 16.0 Å². The van der Waals surface area contributed by atoms with Gasteiger partial charge in [0.2, 0.25) is 11.8 Å². The second-order valence-electron chi connectivity index (χ2n) is 5.08. The van der Waals surface area contributed by atoms with Gasteiger partial charge in [-0.15, -0.1) is 0 Å². The Morgan fingerprint density at radius 3 is 1.74 bits per heavy atom. The van der Waals surface area contributed by atoms with Crippen molar-refractivity contribution in [2.75, 3.05) is 7.05 Å². The zero-order chi connectivity index (χ0) is 15.2. The molecule has 0 aliphatic rings. The van der Waals surface area contributed by atoms with E-state index in [0.29, 0.717) is 0 Å². The van der Waals surface area contributed by atoms with Crippen LogP contribution in [0, 0.1) is 5.92 Å². The Balaban J connectivity index is 4.69. The summed E-state index contributed by atoms with van der Waals surface area (Å²) in [5.41, 5.74) is 0. The van der Waals surface area contributed by atoms with Gasteiger partial charge >= 0.3 is 0 Å². The molecular weight excluding hydrogens is 246 g/mol. The van der Waals surface area contributed by atoms with Crippen molar-refractivity contribution in [2.24, 2.45) is 5.92 Å². The van der Waals surface area contributed by atoms with Gasteiger partial charge in [0.25, 0.3) is 0 Å². The highest BCUT2D eigenvalue weighted by Crippen LogP contribution is 2.03. The van der Waals surface area contributed by atoms with Crippen LogP contribution in [0.3, 0.4) is 0 Å². The molecule has 0 saturated heterocycles. The molecule has 0 radical (unpaired) electrons. The Labute approximate surface area is 114 Å². The quantitative estimate of drug-likeness (QED) is 0.600. The highest BCUT2D eigenvalue weighted by Gasteiger charge is 2.27. The molecule has 0 bridgehead atoms. The molecular formula is C13H25N3O3. The average Bonchev–Trinajstić information content (AvgIpc) is 2.33. The summed E-state index contributed by atoms with van der Waals surface area (Å²) >= 11 is 0. The number of Topliss-reactive ketones (excluding diaryl/α,β-unsaturated/α-hetero) is 1. The molecule has 0 spiro atoms. The summed E-state index contributed by atoms with van der Waals surface area (Å²) in [6, 6.07) is -1.57. The number of ketones is 1. The number of hydrogen-bond acceptors (Lipinski definition) is 4. The number of hydrogen-bond donors (Lipinski definition) is 3. The number of nitrogens with one attached hydrogen (secondary N) is 3. The number of amides is 2. The molecule has 0 aliphatic carbocycles. The van der Waals surface area contributed by atoms with Crippen LogP contribution in [0.5, 0.6) is 0 Å². The van der Waals surface area contributed by atoms with Crippen LogP contribution >= 0.6 is 0 Å². The van der Waals surface area contributed by atoms with Crippen LogP contribution in [-0.4, -0.2) is 42.8 Å². The van der Waals surface area contributed by atoms with Crippen LogP contribution in [0.25, 0.3) is 0 Å². The zero-order valence-corrected chi connectivity index (χ0v) is 12.5. The summed E-state index contributed by atoms with van der Waals surface area (Å²) < 4.78 is 0. The SMILES string of the molecule is CN[C@@H](C)C(=O)N[C@H](C(=O)N[C@@H](C)C(C)=O)C(C)C. The first-order chi connectivity index (χ1) is 8.70. The third-order valence-electron chi connectivity index (χ3n) is 3.04. The number of carbonyl (C=O) groups is 3. The molecule has 0 rings (SSSR count). The van der Waals surface area contributed by atoms with Gasteiger partial charge in [-0.05, 0) is 33.7 Å². The Bertz CT molecular complexity index is 342. The predicted molar refractivity (Wildman–Crippen MR) is 73.6 cm³/mol. The van der Waals surface area contributed by atoms with E-state index in [1.54, 1.807) is 20.9 Å². The summed E-state index contributed by atoms with van der Waals surface area (Å²) in [4.78, 5) is 35.0. The Hall–Kier alpha value is -1.43. The molecule has 19 heavy (non-hydrogen) atoms. The van der Waals surface area contributed by atoms with Gasteiger partial charge in [-0.25, -0.2) is 0 Å². The van der Waals surface area contributed by atoms with Gasteiger partial charge < -0.3 is 16.0 Å². The first kappa shape index (κ1) is 17.6. The third kappa shape index (κ3) is 5.83. The lowest BCUT2D eigenvalue weighted by molar-refractivity contribution is -0.132. The van der Waals surface area contributed by atoms with Gasteiger partial charge in [-0.3, -0.25) is 14.4 Å². The summed E-state index contributed by atoms with van der Waals surface area (Å²) in [6.45, 7) is 8.43. The van der Waals surface area contributed by atoms with Crippen molar-refractivity contribution in [2.45, 2.75) is 52.7 Å². The van der Waals surface area contributed by atoms with Gasteiger partial charge in [0.15, 0.2) is 5.78 Å². The summed E-state index contributed by atoms with van der Waals surface area (Å²) in [5, 5.41) is 8.09. The van der Waals surface area contributed by atoms with Gasteiger partial charge in [0.1, 0.15) is 6.04 Å². The fourth-order valence-electron chi connectivity index (χ4n) is 1.35. The Kier molecular flexibility index (Phi) is 7.29. The zero-order valence-electron chi connectivity index (χ0n) is 12.5. The van der Waals surface area contributed by atoms with Crippen molar-refractivity contribution in [3.8, 4) is 0 Å². The van der Waals surface area contributed by atoms with E-state index in [-0.39, 0.29) is 29.6 Å². The van der Waals surface area contributed by atoms with Crippen molar-refractivity contribution < 1.29 is 14.4 Å². The smallest absolute Gasteiger partial charge is 0.243 e. The van der Waals surface area contributed by atoms with E-state index in [0.717, 1.165) is 0 Å². The lowest BCUT2D eigenvalue weighted by atomic mass is 10.0. The monoisotopic (exact) mass is 271 g/mol. The summed E-state index contributed by atoms with van der Waals surface area (Å²) in [7, 11) is 1.67. The molecule has 0 aromatic carbocycles. The fraction of sp³-hybridized carbons (Fsp3) is 0.769. The molecule has 110 valence electrons. The topological polar surface area (TPSA) is 87.3 Å². The molecule has 0 saturated carbocycles. The number of carbonyl (C=O) groups excluding carboxylic acids is 3. The van der Waals surface area contributed by atoms with E-state index in [1.165, 1.54) is 6.92 Å². The van der Waals surface area contributed by atoms with Crippen molar-refractivity contribution in [3.63, 3.8) is 0 Å². The van der Waals surface area contributed by atoms with E-state index < -0.39 is 12.1 Å². The normalized spacial score (nSPS) is 15.5. The van der Waals surface area contributed by atoms with E-state index >= 15 is 0 Å². The minimum Gasteiger partial charge on any atom is -0.345 e. The molecule has 0 unspecified atom stereocenters. The minimum atomic E-state index is -0.648. The van der Waals surface area contributed by atoms with Crippen molar-refractivity contribution in [3.05, 3.63) is 0 Å². The first-order valence-corrected chi connectivity index (χ1v) is 6.49. The molecule has 0 fully saturated rings. The predicted octanol–water partition coefficient (Wildman–Crippen LogP) is -0.171. The summed E-state index contributed by atoms with van der Waals surface area (Å²) in [6.07, 6.45) is 0. The van der Waals surface area contributed by atoms with Crippen LogP contribution in [0.15, 0.2) is 0 Å². The molecule has 6 nitrogen and oxygen atoms in total. The maximum atomic E-state index is 12.0. The third-order valence-corrected chi connectivity index (χ3v) is 3.04.